The lowest BCUT2D eigenvalue weighted by molar-refractivity contribution is -0.147. The van der Waals surface area contributed by atoms with E-state index in [1.54, 1.807) is 17.4 Å². The van der Waals surface area contributed by atoms with Crippen LogP contribution in [0, 0.1) is 0 Å². The lowest BCUT2D eigenvalue weighted by Gasteiger charge is -2.34. The summed E-state index contributed by atoms with van der Waals surface area (Å²) in [5, 5.41) is 2.60. The van der Waals surface area contributed by atoms with E-state index in [9.17, 15) is 14.4 Å². The van der Waals surface area contributed by atoms with Gasteiger partial charge in [0.15, 0.2) is 0 Å². The maximum absolute atomic E-state index is 12.7. The van der Waals surface area contributed by atoms with Crippen LogP contribution in [0.1, 0.15) is 29.8 Å². The third kappa shape index (κ3) is 4.76. The summed E-state index contributed by atoms with van der Waals surface area (Å²) in [5.74, 6) is -1.19. The SMILES string of the molecule is CC(C)NC(=O)C(=O)N1CCN(C(=O)c2ccc(Cn3ccnc3)cc2)CC1. The molecule has 2 heterocycles. The molecule has 0 spiro atoms. The molecule has 8 nitrogen and oxygen atoms in total. The van der Waals surface area contributed by atoms with Gasteiger partial charge < -0.3 is 19.7 Å². The van der Waals surface area contributed by atoms with Gasteiger partial charge in [0.1, 0.15) is 0 Å². The molecule has 0 saturated carbocycles. The number of amides is 3. The van der Waals surface area contributed by atoms with Crippen molar-refractivity contribution in [2.75, 3.05) is 26.2 Å². The van der Waals surface area contributed by atoms with Crippen molar-refractivity contribution in [3.05, 3.63) is 54.1 Å². The van der Waals surface area contributed by atoms with Gasteiger partial charge >= 0.3 is 11.8 Å². The summed E-state index contributed by atoms with van der Waals surface area (Å²) in [6, 6.07) is 7.42. The molecule has 8 heteroatoms. The number of nitrogens with zero attached hydrogens (tertiary/aromatic N) is 4. The molecule has 0 bridgehead atoms. The van der Waals surface area contributed by atoms with Gasteiger partial charge in [0, 0.05) is 56.7 Å². The molecular formula is C20H25N5O3. The minimum atomic E-state index is -0.594. The predicted molar refractivity (Wildman–Crippen MR) is 104 cm³/mol. The quantitative estimate of drug-likeness (QED) is 0.789. The van der Waals surface area contributed by atoms with Crippen molar-refractivity contribution < 1.29 is 14.4 Å². The molecule has 1 fully saturated rings. The highest BCUT2D eigenvalue weighted by atomic mass is 16.2. The largest absolute Gasteiger partial charge is 0.346 e. The van der Waals surface area contributed by atoms with Crippen molar-refractivity contribution >= 4 is 17.7 Å². The first-order valence-corrected chi connectivity index (χ1v) is 9.38. The second-order valence-corrected chi connectivity index (χ2v) is 7.14. The maximum Gasteiger partial charge on any atom is 0.312 e. The summed E-state index contributed by atoms with van der Waals surface area (Å²) in [6.07, 6.45) is 5.37. The zero-order chi connectivity index (χ0) is 20.1. The number of hydrogen-bond donors (Lipinski definition) is 1. The van der Waals surface area contributed by atoms with Crippen molar-refractivity contribution in [1.82, 2.24) is 24.7 Å². The van der Waals surface area contributed by atoms with Crippen molar-refractivity contribution in [1.29, 1.82) is 0 Å². The Morgan fingerprint density at radius 1 is 1.04 bits per heavy atom. The maximum atomic E-state index is 12.7. The zero-order valence-corrected chi connectivity index (χ0v) is 16.2. The van der Waals surface area contributed by atoms with Crippen molar-refractivity contribution in [2.24, 2.45) is 0 Å². The van der Waals surface area contributed by atoms with E-state index < -0.39 is 11.8 Å². The lowest BCUT2D eigenvalue weighted by Crippen LogP contribution is -2.54. The van der Waals surface area contributed by atoms with Gasteiger partial charge in [-0.05, 0) is 31.5 Å². The minimum absolute atomic E-state index is 0.0621. The smallest absolute Gasteiger partial charge is 0.312 e. The molecule has 3 amide bonds. The molecule has 0 unspecified atom stereocenters. The Bertz CT molecular complexity index is 822. The fraction of sp³-hybridized carbons (Fsp3) is 0.400. The molecule has 2 aromatic rings. The minimum Gasteiger partial charge on any atom is -0.346 e. The van der Waals surface area contributed by atoms with E-state index in [-0.39, 0.29) is 11.9 Å². The molecule has 1 saturated heterocycles. The number of benzene rings is 1. The van der Waals surface area contributed by atoms with Crippen LogP contribution in [0.4, 0.5) is 0 Å². The van der Waals surface area contributed by atoms with Gasteiger partial charge in [0.25, 0.3) is 5.91 Å². The summed E-state index contributed by atoms with van der Waals surface area (Å²) in [6.45, 7) is 5.86. The molecule has 1 aromatic carbocycles. The Morgan fingerprint density at radius 3 is 2.25 bits per heavy atom. The van der Waals surface area contributed by atoms with E-state index in [0.717, 1.165) is 5.56 Å². The van der Waals surface area contributed by atoms with E-state index in [2.05, 4.69) is 10.3 Å². The molecule has 0 atom stereocenters. The number of imidazole rings is 1. The molecule has 148 valence electrons. The Morgan fingerprint density at radius 2 is 1.68 bits per heavy atom. The molecule has 3 rings (SSSR count). The number of rotatable bonds is 4. The Kier molecular flexibility index (Phi) is 6.08. The van der Waals surface area contributed by atoms with Crippen LogP contribution in [0.5, 0.6) is 0 Å². The van der Waals surface area contributed by atoms with Crippen LogP contribution >= 0.6 is 0 Å². The number of carbonyl (C=O) groups is 3. The Labute approximate surface area is 164 Å². The van der Waals surface area contributed by atoms with Crippen LogP contribution in [-0.4, -0.2) is 69.3 Å². The third-order valence-electron chi connectivity index (χ3n) is 4.59. The summed E-state index contributed by atoms with van der Waals surface area (Å²) < 4.78 is 1.96. The molecule has 1 aliphatic heterocycles. The van der Waals surface area contributed by atoms with Gasteiger partial charge in [-0.2, -0.15) is 0 Å². The topological polar surface area (TPSA) is 87.5 Å². The van der Waals surface area contributed by atoms with E-state index >= 15 is 0 Å². The van der Waals surface area contributed by atoms with E-state index in [1.165, 1.54) is 4.90 Å². The molecule has 0 radical (unpaired) electrons. The van der Waals surface area contributed by atoms with Crippen molar-refractivity contribution in [2.45, 2.75) is 26.4 Å². The monoisotopic (exact) mass is 383 g/mol. The summed E-state index contributed by atoms with van der Waals surface area (Å²) in [7, 11) is 0. The van der Waals surface area contributed by atoms with E-state index in [4.69, 9.17) is 0 Å². The second-order valence-electron chi connectivity index (χ2n) is 7.14. The normalized spacial score (nSPS) is 14.2. The van der Waals surface area contributed by atoms with Crippen LogP contribution in [0.15, 0.2) is 43.0 Å². The van der Waals surface area contributed by atoms with Gasteiger partial charge in [-0.3, -0.25) is 14.4 Å². The van der Waals surface area contributed by atoms with Crippen LogP contribution in [-0.2, 0) is 16.1 Å². The van der Waals surface area contributed by atoms with Crippen LogP contribution in [0.25, 0.3) is 0 Å². The number of nitrogens with one attached hydrogen (secondary N) is 1. The first-order chi connectivity index (χ1) is 13.4. The van der Waals surface area contributed by atoms with E-state index in [0.29, 0.717) is 38.3 Å². The number of hydrogen-bond acceptors (Lipinski definition) is 4. The Balaban J connectivity index is 1.53. The third-order valence-corrected chi connectivity index (χ3v) is 4.59. The average molecular weight is 383 g/mol. The first-order valence-electron chi connectivity index (χ1n) is 9.38. The fourth-order valence-electron chi connectivity index (χ4n) is 3.11. The second kappa shape index (κ2) is 8.69. The van der Waals surface area contributed by atoms with Gasteiger partial charge in [0.05, 0.1) is 6.33 Å². The van der Waals surface area contributed by atoms with Gasteiger partial charge in [-0.1, -0.05) is 12.1 Å². The lowest BCUT2D eigenvalue weighted by atomic mass is 10.1. The molecule has 1 aromatic heterocycles. The number of piperazine rings is 1. The number of aromatic nitrogens is 2. The van der Waals surface area contributed by atoms with E-state index in [1.807, 2.05) is 48.9 Å². The highest BCUT2D eigenvalue weighted by Gasteiger charge is 2.28. The van der Waals surface area contributed by atoms with Gasteiger partial charge in [-0.15, -0.1) is 0 Å². The number of carbonyl (C=O) groups excluding carboxylic acids is 3. The van der Waals surface area contributed by atoms with Crippen molar-refractivity contribution in [3.8, 4) is 0 Å². The standard InChI is InChI=1S/C20H25N5O3/c1-15(2)22-18(26)20(28)25-11-9-24(10-12-25)19(27)17-5-3-16(4-6-17)13-23-8-7-21-14-23/h3-8,14-15H,9-13H2,1-2H3,(H,22,26). The summed E-state index contributed by atoms with van der Waals surface area (Å²) in [5.41, 5.74) is 1.70. The summed E-state index contributed by atoms with van der Waals surface area (Å²) >= 11 is 0. The average Bonchev–Trinajstić information content (AvgIpc) is 3.20. The highest BCUT2D eigenvalue weighted by molar-refractivity contribution is 6.35. The summed E-state index contributed by atoms with van der Waals surface area (Å²) in [4.78, 5) is 43.9. The first kappa shape index (κ1) is 19.6. The fourth-order valence-corrected chi connectivity index (χ4v) is 3.11. The Hall–Kier alpha value is -3.16. The van der Waals surface area contributed by atoms with Gasteiger partial charge in [0.2, 0.25) is 0 Å². The van der Waals surface area contributed by atoms with Crippen molar-refractivity contribution in [3.63, 3.8) is 0 Å². The predicted octanol–water partition coefficient (Wildman–Crippen LogP) is 0.740. The van der Waals surface area contributed by atoms with Crippen LogP contribution in [0.2, 0.25) is 0 Å². The van der Waals surface area contributed by atoms with Crippen LogP contribution < -0.4 is 5.32 Å². The zero-order valence-electron chi connectivity index (χ0n) is 16.2. The molecule has 1 N–H and O–H groups in total. The van der Waals surface area contributed by atoms with Crippen LogP contribution in [0.3, 0.4) is 0 Å². The highest BCUT2D eigenvalue weighted by Crippen LogP contribution is 2.12. The molecule has 1 aliphatic rings. The molecule has 28 heavy (non-hydrogen) atoms. The molecular weight excluding hydrogens is 358 g/mol. The van der Waals surface area contributed by atoms with Gasteiger partial charge in [-0.25, -0.2) is 4.98 Å². The molecule has 0 aliphatic carbocycles.